The van der Waals surface area contributed by atoms with Crippen LogP contribution in [0.25, 0.3) is 11.3 Å². The molecule has 3 rings (SSSR count). The SMILES string of the molecule is Cc1ccc(-n2nnnc2C(=CN(C)C)C(=O)c2cc(F)cc(F)c2)cc1. The average molecular weight is 369 g/mol. The summed E-state index contributed by atoms with van der Waals surface area (Å²) in [4.78, 5) is 14.6. The summed E-state index contributed by atoms with van der Waals surface area (Å²) in [5, 5.41) is 11.6. The third-order valence-electron chi connectivity index (χ3n) is 3.75. The van der Waals surface area contributed by atoms with Crippen LogP contribution in [0.3, 0.4) is 0 Å². The number of tetrazole rings is 1. The smallest absolute Gasteiger partial charge is 0.198 e. The fraction of sp³-hybridized carbons (Fsp3) is 0.158. The molecule has 0 saturated heterocycles. The first-order valence-corrected chi connectivity index (χ1v) is 8.10. The molecule has 1 aromatic heterocycles. The van der Waals surface area contributed by atoms with Gasteiger partial charge >= 0.3 is 0 Å². The molecular weight excluding hydrogens is 352 g/mol. The maximum atomic E-state index is 13.6. The van der Waals surface area contributed by atoms with E-state index in [0.717, 1.165) is 17.7 Å². The Morgan fingerprint density at radius 1 is 1.07 bits per heavy atom. The third kappa shape index (κ3) is 4.05. The van der Waals surface area contributed by atoms with Crippen LogP contribution < -0.4 is 0 Å². The van der Waals surface area contributed by atoms with Crippen LogP contribution in [-0.4, -0.2) is 45.0 Å². The molecule has 0 saturated carbocycles. The fourth-order valence-electron chi connectivity index (χ4n) is 2.53. The first-order chi connectivity index (χ1) is 12.8. The molecule has 6 nitrogen and oxygen atoms in total. The van der Waals surface area contributed by atoms with Gasteiger partial charge < -0.3 is 4.90 Å². The van der Waals surface area contributed by atoms with Crippen molar-refractivity contribution < 1.29 is 13.6 Å². The van der Waals surface area contributed by atoms with Crippen LogP contribution in [0.15, 0.2) is 48.7 Å². The molecule has 0 N–H and O–H groups in total. The monoisotopic (exact) mass is 369 g/mol. The van der Waals surface area contributed by atoms with Gasteiger partial charge in [-0.05, 0) is 41.6 Å². The van der Waals surface area contributed by atoms with Crippen molar-refractivity contribution in [3.63, 3.8) is 0 Å². The molecule has 0 bridgehead atoms. The highest BCUT2D eigenvalue weighted by atomic mass is 19.1. The number of hydrogen-bond acceptors (Lipinski definition) is 5. The first-order valence-electron chi connectivity index (χ1n) is 8.10. The number of ketones is 1. The zero-order valence-corrected chi connectivity index (χ0v) is 15.0. The molecule has 0 spiro atoms. The maximum Gasteiger partial charge on any atom is 0.198 e. The maximum absolute atomic E-state index is 13.6. The zero-order valence-electron chi connectivity index (χ0n) is 15.0. The second-order valence-corrected chi connectivity index (χ2v) is 6.24. The number of aromatic nitrogens is 4. The van der Waals surface area contributed by atoms with Crippen LogP contribution in [0.1, 0.15) is 21.7 Å². The van der Waals surface area contributed by atoms with Gasteiger partial charge in [0, 0.05) is 31.9 Å². The summed E-state index contributed by atoms with van der Waals surface area (Å²) in [6.45, 7) is 1.95. The Morgan fingerprint density at radius 3 is 2.30 bits per heavy atom. The molecule has 27 heavy (non-hydrogen) atoms. The second-order valence-electron chi connectivity index (χ2n) is 6.24. The lowest BCUT2D eigenvalue weighted by molar-refractivity contribution is 0.105. The summed E-state index contributed by atoms with van der Waals surface area (Å²) in [5.74, 6) is -2.09. The number of carbonyl (C=O) groups excluding carboxylic acids is 1. The molecule has 0 amide bonds. The summed E-state index contributed by atoms with van der Waals surface area (Å²) in [6.07, 6.45) is 1.52. The van der Waals surface area contributed by atoms with Crippen LogP contribution in [0.5, 0.6) is 0 Å². The summed E-state index contributed by atoms with van der Waals surface area (Å²) in [5.41, 5.74) is 1.70. The van der Waals surface area contributed by atoms with Crippen molar-refractivity contribution in [1.82, 2.24) is 25.1 Å². The van der Waals surface area contributed by atoms with Crippen LogP contribution in [0, 0.1) is 18.6 Å². The van der Waals surface area contributed by atoms with Crippen LogP contribution >= 0.6 is 0 Å². The molecule has 0 unspecified atom stereocenters. The fourth-order valence-corrected chi connectivity index (χ4v) is 2.53. The van der Waals surface area contributed by atoms with E-state index in [2.05, 4.69) is 15.5 Å². The quantitative estimate of drug-likeness (QED) is 0.511. The van der Waals surface area contributed by atoms with Gasteiger partial charge in [-0.3, -0.25) is 4.79 Å². The van der Waals surface area contributed by atoms with E-state index >= 15 is 0 Å². The normalized spacial score (nSPS) is 11.5. The van der Waals surface area contributed by atoms with Crippen molar-refractivity contribution in [3.8, 4) is 5.69 Å². The largest absolute Gasteiger partial charge is 0.383 e. The lowest BCUT2D eigenvalue weighted by Gasteiger charge is -2.12. The van der Waals surface area contributed by atoms with E-state index in [1.54, 1.807) is 19.0 Å². The van der Waals surface area contributed by atoms with Crippen molar-refractivity contribution in [2.75, 3.05) is 14.1 Å². The standard InChI is InChI=1S/C19H17F2N5O/c1-12-4-6-16(7-5-12)26-19(22-23-24-26)17(11-25(2)3)18(27)13-8-14(20)10-15(21)9-13/h4-11H,1-3H3. The van der Waals surface area contributed by atoms with Gasteiger partial charge in [0.15, 0.2) is 11.6 Å². The summed E-state index contributed by atoms with van der Waals surface area (Å²) < 4.78 is 28.5. The van der Waals surface area contributed by atoms with Gasteiger partial charge in [-0.25, -0.2) is 8.78 Å². The lowest BCUT2D eigenvalue weighted by atomic mass is 10.0. The molecular formula is C19H17F2N5O. The molecule has 0 atom stereocenters. The van der Waals surface area contributed by atoms with Gasteiger partial charge in [0.25, 0.3) is 0 Å². The molecule has 0 fully saturated rings. The number of rotatable bonds is 5. The summed E-state index contributed by atoms with van der Waals surface area (Å²) in [6, 6.07) is 10.1. The van der Waals surface area contributed by atoms with Gasteiger partial charge in [-0.1, -0.05) is 17.7 Å². The van der Waals surface area contributed by atoms with Gasteiger partial charge in [0.1, 0.15) is 11.6 Å². The molecule has 0 aliphatic carbocycles. The molecule has 0 aliphatic rings. The Bertz CT molecular complexity index is 989. The van der Waals surface area contributed by atoms with Gasteiger partial charge in [-0.15, -0.1) is 5.10 Å². The Labute approximate surface area is 154 Å². The number of allylic oxidation sites excluding steroid dienone is 1. The Hall–Kier alpha value is -3.42. The van der Waals surface area contributed by atoms with Crippen molar-refractivity contribution in [2.24, 2.45) is 0 Å². The van der Waals surface area contributed by atoms with E-state index in [-0.39, 0.29) is 17.0 Å². The predicted molar refractivity (Wildman–Crippen MR) is 96.2 cm³/mol. The number of aryl methyl sites for hydroxylation is 1. The first kappa shape index (κ1) is 18.4. The van der Waals surface area contributed by atoms with Crippen LogP contribution in [0.2, 0.25) is 0 Å². The highest BCUT2D eigenvalue weighted by molar-refractivity contribution is 6.28. The summed E-state index contributed by atoms with van der Waals surface area (Å²) in [7, 11) is 3.44. The number of benzene rings is 2. The molecule has 138 valence electrons. The molecule has 8 heteroatoms. The zero-order chi connectivity index (χ0) is 19.6. The number of carbonyl (C=O) groups is 1. The van der Waals surface area contributed by atoms with E-state index in [4.69, 9.17) is 0 Å². The minimum atomic E-state index is -0.833. The second kappa shape index (κ2) is 7.45. The lowest BCUT2D eigenvalue weighted by Crippen LogP contribution is -2.14. The Morgan fingerprint density at radius 2 is 1.70 bits per heavy atom. The van der Waals surface area contributed by atoms with Crippen molar-refractivity contribution in [3.05, 3.63) is 77.3 Å². The van der Waals surface area contributed by atoms with E-state index < -0.39 is 17.4 Å². The van der Waals surface area contributed by atoms with E-state index in [1.807, 2.05) is 31.2 Å². The number of hydrogen-bond donors (Lipinski definition) is 0. The summed E-state index contributed by atoms with van der Waals surface area (Å²) >= 11 is 0. The van der Waals surface area contributed by atoms with E-state index in [0.29, 0.717) is 11.8 Å². The van der Waals surface area contributed by atoms with Crippen LogP contribution in [-0.2, 0) is 0 Å². The van der Waals surface area contributed by atoms with Crippen molar-refractivity contribution in [1.29, 1.82) is 0 Å². The van der Waals surface area contributed by atoms with E-state index in [1.165, 1.54) is 10.9 Å². The minimum Gasteiger partial charge on any atom is -0.383 e. The third-order valence-corrected chi connectivity index (χ3v) is 3.75. The number of halogens is 2. The molecule has 2 aromatic carbocycles. The average Bonchev–Trinajstić information content (AvgIpc) is 3.08. The Kier molecular flexibility index (Phi) is 5.07. The van der Waals surface area contributed by atoms with Gasteiger partial charge in [-0.2, -0.15) is 4.68 Å². The predicted octanol–water partition coefficient (Wildman–Crippen LogP) is 3.03. The number of Topliss-reactive ketones (excluding diaryl/α,β-unsaturated/α-hetero) is 1. The van der Waals surface area contributed by atoms with Crippen LogP contribution in [0.4, 0.5) is 8.78 Å². The van der Waals surface area contributed by atoms with Crippen molar-refractivity contribution >= 4 is 11.4 Å². The molecule has 1 heterocycles. The highest BCUT2D eigenvalue weighted by Gasteiger charge is 2.23. The minimum absolute atomic E-state index is 0.107. The van der Waals surface area contributed by atoms with Crippen molar-refractivity contribution in [2.45, 2.75) is 6.92 Å². The highest BCUT2D eigenvalue weighted by Crippen LogP contribution is 2.22. The topological polar surface area (TPSA) is 63.9 Å². The van der Waals surface area contributed by atoms with E-state index in [9.17, 15) is 13.6 Å². The molecule has 0 radical (unpaired) electrons. The van der Waals surface area contributed by atoms with Gasteiger partial charge in [0.2, 0.25) is 0 Å². The molecule has 0 aliphatic heterocycles. The van der Waals surface area contributed by atoms with Gasteiger partial charge in [0.05, 0.1) is 11.3 Å². The molecule has 3 aromatic rings. The Balaban J connectivity index is 2.11. The number of nitrogens with zero attached hydrogens (tertiary/aromatic N) is 5.